The van der Waals surface area contributed by atoms with Crippen LogP contribution in [0.4, 0.5) is 0 Å². The number of carbonyl (C=O) groups is 1. The lowest BCUT2D eigenvalue weighted by molar-refractivity contribution is -0.185. The Labute approximate surface area is 84.7 Å². The number of nitrogens with zero attached hydrogens (tertiary/aromatic N) is 1. The molecule has 2 aliphatic rings. The van der Waals surface area contributed by atoms with Crippen LogP contribution in [0, 0.1) is 0 Å². The first kappa shape index (κ1) is 9.71. The second-order valence-electron chi connectivity index (χ2n) is 4.17. The van der Waals surface area contributed by atoms with Crippen LogP contribution in [-0.4, -0.2) is 29.2 Å². The Kier molecular flexibility index (Phi) is 2.59. The minimum Gasteiger partial charge on any atom is -0.355 e. The van der Waals surface area contributed by atoms with E-state index >= 15 is 0 Å². The van der Waals surface area contributed by atoms with Gasteiger partial charge in [0.2, 0.25) is 5.91 Å². The second kappa shape index (κ2) is 3.73. The quantitative estimate of drug-likeness (QED) is 0.596. The molecule has 2 aliphatic heterocycles. The van der Waals surface area contributed by atoms with E-state index in [1.54, 1.807) is 0 Å². The van der Waals surface area contributed by atoms with Gasteiger partial charge in [0.1, 0.15) is 6.23 Å². The highest BCUT2D eigenvalue weighted by atomic mass is 16.5. The van der Waals surface area contributed by atoms with Crippen LogP contribution in [-0.2, 0) is 9.53 Å². The van der Waals surface area contributed by atoms with Gasteiger partial charge in [-0.2, -0.15) is 0 Å². The van der Waals surface area contributed by atoms with Crippen molar-refractivity contribution in [1.82, 2.24) is 4.90 Å². The van der Waals surface area contributed by atoms with Crippen molar-refractivity contribution in [3.8, 4) is 0 Å². The minimum absolute atomic E-state index is 0.00278. The molecule has 14 heavy (non-hydrogen) atoms. The molecule has 0 unspecified atom stereocenters. The summed E-state index contributed by atoms with van der Waals surface area (Å²) in [6, 6.07) is 0.378. The smallest absolute Gasteiger partial charge is 0.248 e. The number of hydrogen-bond acceptors (Lipinski definition) is 2. The Morgan fingerprint density at radius 1 is 1.57 bits per heavy atom. The Balaban J connectivity index is 2.16. The van der Waals surface area contributed by atoms with Crippen LogP contribution in [0.15, 0.2) is 12.7 Å². The molecule has 0 aliphatic carbocycles. The zero-order chi connectivity index (χ0) is 10.1. The van der Waals surface area contributed by atoms with Crippen molar-refractivity contribution in [2.45, 2.75) is 51.0 Å². The molecule has 78 valence electrons. The van der Waals surface area contributed by atoms with Gasteiger partial charge in [-0.3, -0.25) is 4.79 Å². The third-order valence-electron chi connectivity index (χ3n) is 3.11. The van der Waals surface area contributed by atoms with Gasteiger partial charge in [0, 0.05) is 6.04 Å². The fourth-order valence-corrected chi connectivity index (χ4v) is 2.54. The summed E-state index contributed by atoms with van der Waals surface area (Å²) in [5.74, 6) is 0.0200. The van der Waals surface area contributed by atoms with Crippen molar-refractivity contribution < 1.29 is 9.53 Å². The molecule has 3 atom stereocenters. The Bertz CT molecular complexity index is 238. The summed E-state index contributed by atoms with van der Waals surface area (Å²) >= 11 is 0. The number of carbonyl (C=O) groups excluding carboxylic acids is 1. The largest absolute Gasteiger partial charge is 0.355 e. The van der Waals surface area contributed by atoms with E-state index in [-0.39, 0.29) is 12.1 Å². The molecule has 0 spiro atoms. The fraction of sp³-hybridized carbons (Fsp3) is 0.727. The van der Waals surface area contributed by atoms with Gasteiger partial charge >= 0.3 is 0 Å². The van der Waals surface area contributed by atoms with Gasteiger partial charge in [-0.05, 0) is 38.7 Å². The third-order valence-corrected chi connectivity index (χ3v) is 3.11. The number of fused-ring (bicyclic) bond motifs is 2. The van der Waals surface area contributed by atoms with Crippen LogP contribution in [0.1, 0.15) is 32.6 Å². The van der Waals surface area contributed by atoms with Gasteiger partial charge in [0.25, 0.3) is 0 Å². The van der Waals surface area contributed by atoms with Crippen LogP contribution in [0.3, 0.4) is 0 Å². The Hall–Kier alpha value is -0.830. The summed E-state index contributed by atoms with van der Waals surface area (Å²) in [7, 11) is 0. The highest BCUT2D eigenvalue weighted by Crippen LogP contribution is 2.32. The number of hydrogen-bond donors (Lipinski definition) is 0. The molecule has 2 rings (SSSR count). The number of ether oxygens (including phenoxy) is 1. The van der Waals surface area contributed by atoms with Crippen LogP contribution in [0.25, 0.3) is 0 Å². The highest BCUT2D eigenvalue weighted by Gasteiger charge is 2.39. The molecule has 0 N–H and O–H groups in total. The maximum atomic E-state index is 11.6. The first-order valence-electron chi connectivity index (χ1n) is 5.32. The van der Waals surface area contributed by atoms with E-state index in [1.807, 2.05) is 4.90 Å². The summed E-state index contributed by atoms with van der Waals surface area (Å²) in [6.45, 7) is 5.62. The molecular formula is C11H17NO2. The third kappa shape index (κ3) is 1.57. The lowest BCUT2D eigenvalue weighted by Crippen LogP contribution is -2.56. The van der Waals surface area contributed by atoms with E-state index in [1.165, 1.54) is 12.5 Å². The van der Waals surface area contributed by atoms with Crippen molar-refractivity contribution >= 4 is 5.91 Å². The molecule has 2 fully saturated rings. The number of rotatable bonds is 1. The lowest BCUT2D eigenvalue weighted by Gasteiger charge is -2.47. The van der Waals surface area contributed by atoms with Gasteiger partial charge in [0.05, 0.1) is 6.10 Å². The molecular weight excluding hydrogens is 178 g/mol. The van der Waals surface area contributed by atoms with E-state index in [4.69, 9.17) is 4.74 Å². The van der Waals surface area contributed by atoms with E-state index in [0.717, 1.165) is 19.3 Å². The summed E-state index contributed by atoms with van der Waals surface area (Å²) in [5, 5.41) is 0. The maximum Gasteiger partial charge on any atom is 0.248 e. The molecule has 0 saturated carbocycles. The molecule has 3 nitrogen and oxygen atoms in total. The second-order valence-corrected chi connectivity index (χ2v) is 4.17. The van der Waals surface area contributed by atoms with Crippen LogP contribution in [0.2, 0.25) is 0 Å². The fourth-order valence-electron chi connectivity index (χ4n) is 2.54. The number of amides is 1. The predicted octanol–water partition coefficient (Wildman–Crippen LogP) is 1.69. The van der Waals surface area contributed by atoms with Crippen LogP contribution in [0.5, 0.6) is 0 Å². The Morgan fingerprint density at radius 2 is 2.36 bits per heavy atom. The van der Waals surface area contributed by atoms with E-state index in [2.05, 4.69) is 13.5 Å². The molecule has 0 aromatic heterocycles. The summed E-state index contributed by atoms with van der Waals surface area (Å²) in [5.41, 5.74) is 0. The van der Waals surface area contributed by atoms with E-state index in [9.17, 15) is 4.79 Å². The number of piperidine rings is 1. The molecule has 0 radical (unpaired) electrons. The summed E-state index contributed by atoms with van der Waals surface area (Å²) < 4.78 is 5.75. The van der Waals surface area contributed by atoms with Crippen molar-refractivity contribution in [1.29, 1.82) is 0 Å². The van der Waals surface area contributed by atoms with Gasteiger partial charge in [-0.15, -0.1) is 0 Å². The molecule has 3 heteroatoms. The maximum absolute atomic E-state index is 11.6. The van der Waals surface area contributed by atoms with Crippen LogP contribution < -0.4 is 0 Å². The van der Waals surface area contributed by atoms with Gasteiger partial charge in [0.15, 0.2) is 0 Å². The molecule has 1 amide bonds. The Morgan fingerprint density at radius 3 is 3.00 bits per heavy atom. The van der Waals surface area contributed by atoms with Crippen molar-refractivity contribution in [2.24, 2.45) is 0 Å². The van der Waals surface area contributed by atoms with E-state index < -0.39 is 0 Å². The van der Waals surface area contributed by atoms with Gasteiger partial charge in [-0.1, -0.05) is 6.58 Å². The SMILES string of the molecule is C=CC(=O)N1[C@@H]2CCC[C@H]1O[C@H](C)C2. The van der Waals surface area contributed by atoms with Crippen molar-refractivity contribution in [3.05, 3.63) is 12.7 Å². The summed E-state index contributed by atoms with van der Waals surface area (Å²) in [4.78, 5) is 13.5. The highest BCUT2D eigenvalue weighted by molar-refractivity contribution is 5.87. The van der Waals surface area contributed by atoms with Gasteiger partial charge in [-0.25, -0.2) is 0 Å². The first-order valence-corrected chi connectivity index (χ1v) is 5.32. The normalized spacial score (nSPS) is 36.6. The molecule has 2 bridgehead atoms. The zero-order valence-corrected chi connectivity index (χ0v) is 8.61. The predicted molar refractivity (Wildman–Crippen MR) is 53.6 cm³/mol. The summed E-state index contributed by atoms with van der Waals surface area (Å²) in [6.07, 6.45) is 5.91. The average molecular weight is 195 g/mol. The van der Waals surface area contributed by atoms with Crippen molar-refractivity contribution in [2.75, 3.05) is 0 Å². The monoisotopic (exact) mass is 195 g/mol. The van der Waals surface area contributed by atoms with Crippen LogP contribution >= 0.6 is 0 Å². The molecule has 2 saturated heterocycles. The lowest BCUT2D eigenvalue weighted by atomic mass is 9.93. The van der Waals surface area contributed by atoms with E-state index in [0.29, 0.717) is 12.1 Å². The molecule has 2 heterocycles. The molecule has 0 aromatic carbocycles. The average Bonchev–Trinajstić information content (AvgIpc) is 2.15. The van der Waals surface area contributed by atoms with Crippen molar-refractivity contribution in [3.63, 3.8) is 0 Å². The van der Waals surface area contributed by atoms with Gasteiger partial charge < -0.3 is 9.64 Å². The first-order chi connectivity index (χ1) is 6.72. The molecule has 0 aromatic rings. The standard InChI is InChI=1S/C11H17NO2/c1-3-10(13)12-9-5-4-6-11(12)14-8(2)7-9/h3,8-9,11H,1,4-7H2,2H3/t8-,9-,11-/m1/s1. The topological polar surface area (TPSA) is 29.5 Å². The minimum atomic E-state index is 0.00278. The zero-order valence-electron chi connectivity index (χ0n) is 8.61.